The standard InChI is InChI=1S/C17H22N2O3/c1-22-17(21)13-11-14(16(20)19-9-5-6-10-19)18-15(13)12-7-3-2-4-8-12/h2-4,7-8,13-15,18H,5-6,9-11H2,1H3. The van der Waals surface area contributed by atoms with Gasteiger partial charge in [0.25, 0.3) is 0 Å². The minimum atomic E-state index is -0.316. The zero-order chi connectivity index (χ0) is 15.5. The van der Waals surface area contributed by atoms with Gasteiger partial charge in [-0.3, -0.25) is 14.9 Å². The first-order chi connectivity index (χ1) is 10.7. The van der Waals surface area contributed by atoms with E-state index in [1.165, 1.54) is 7.11 Å². The van der Waals surface area contributed by atoms with Crippen LogP contribution >= 0.6 is 0 Å². The zero-order valence-electron chi connectivity index (χ0n) is 12.8. The summed E-state index contributed by atoms with van der Waals surface area (Å²) in [5.74, 6) is -0.452. The van der Waals surface area contributed by atoms with Crippen molar-refractivity contribution in [3.05, 3.63) is 35.9 Å². The van der Waals surface area contributed by atoms with Gasteiger partial charge in [-0.2, -0.15) is 0 Å². The topological polar surface area (TPSA) is 58.6 Å². The monoisotopic (exact) mass is 302 g/mol. The Morgan fingerprint density at radius 2 is 1.86 bits per heavy atom. The first-order valence-electron chi connectivity index (χ1n) is 7.88. The molecule has 2 saturated heterocycles. The van der Waals surface area contributed by atoms with Gasteiger partial charge in [0, 0.05) is 19.1 Å². The minimum absolute atomic E-state index is 0.116. The highest BCUT2D eigenvalue weighted by Gasteiger charge is 2.43. The normalized spacial score (nSPS) is 27.9. The zero-order valence-corrected chi connectivity index (χ0v) is 12.8. The van der Waals surface area contributed by atoms with Gasteiger partial charge in [-0.25, -0.2) is 0 Å². The number of ether oxygens (including phenoxy) is 1. The van der Waals surface area contributed by atoms with Gasteiger partial charge in [-0.1, -0.05) is 30.3 Å². The summed E-state index contributed by atoms with van der Waals surface area (Å²) >= 11 is 0. The number of carbonyl (C=O) groups excluding carboxylic acids is 2. The lowest BCUT2D eigenvalue weighted by atomic mass is 9.93. The van der Waals surface area contributed by atoms with Gasteiger partial charge in [0.2, 0.25) is 5.91 Å². The molecule has 2 fully saturated rings. The van der Waals surface area contributed by atoms with Crippen molar-refractivity contribution < 1.29 is 14.3 Å². The summed E-state index contributed by atoms with van der Waals surface area (Å²) in [5, 5.41) is 3.36. The number of hydrogen-bond acceptors (Lipinski definition) is 4. The van der Waals surface area contributed by atoms with Gasteiger partial charge in [-0.05, 0) is 24.8 Å². The van der Waals surface area contributed by atoms with E-state index in [2.05, 4.69) is 5.32 Å². The Balaban J connectivity index is 1.79. The van der Waals surface area contributed by atoms with Gasteiger partial charge in [0.05, 0.1) is 19.1 Å². The van der Waals surface area contributed by atoms with Crippen molar-refractivity contribution in [3.8, 4) is 0 Å². The smallest absolute Gasteiger partial charge is 0.310 e. The molecule has 1 N–H and O–H groups in total. The highest BCUT2D eigenvalue weighted by atomic mass is 16.5. The van der Waals surface area contributed by atoms with Crippen molar-refractivity contribution >= 4 is 11.9 Å². The Hall–Kier alpha value is -1.88. The number of carbonyl (C=O) groups is 2. The van der Waals surface area contributed by atoms with E-state index in [0.717, 1.165) is 31.5 Å². The van der Waals surface area contributed by atoms with Crippen LogP contribution in [0, 0.1) is 5.92 Å². The average Bonchev–Trinajstić information content (AvgIpc) is 3.24. The van der Waals surface area contributed by atoms with Crippen molar-refractivity contribution in [1.29, 1.82) is 0 Å². The maximum Gasteiger partial charge on any atom is 0.310 e. The first-order valence-corrected chi connectivity index (χ1v) is 7.88. The lowest BCUT2D eigenvalue weighted by molar-refractivity contribution is -0.145. The summed E-state index contributed by atoms with van der Waals surface area (Å²) < 4.78 is 4.94. The van der Waals surface area contributed by atoms with Gasteiger partial charge in [0.1, 0.15) is 0 Å². The molecule has 3 unspecified atom stereocenters. The molecule has 3 rings (SSSR count). The van der Waals surface area contributed by atoms with Crippen LogP contribution in [0.2, 0.25) is 0 Å². The number of nitrogens with zero attached hydrogens (tertiary/aromatic N) is 1. The number of methoxy groups -OCH3 is 1. The molecule has 0 aliphatic carbocycles. The molecule has 0 bridgehead atoms. The fourth-order valence-electron chi connectivity index (χ4n) is 3.49. The summed E-state index contributed by atoms with van der Waals surface area (Å²) in [7, 11) is 1.40. The lowest BCUT2D eigenvalue weighted by Gasteiger charge is -2.21. The van der Waals surface area contributed by atoms with Crippen LogP contribution in [-0.4, -0.2) is 43.0 Å². The molecule has 1 aromatic rings. The largest absolute Gasteiger partial charge is 0.469 e. The molecule has 2 aliphatic rings. The van der Waals surface area contributed by atoms with E-state index in [1.807, 2.05) is 35.2 Å². The molecule has 2 heterocycles. The third kappa shape index (κ3) is 2.86. The third-order valence-corrected chi connectivity index (χ3v) is 4.65. The summed E-state index contributed by atoms with van der Waals surface area (Å²) in [6.45, 7) is 1.66. The van der Waals surface area contributed by atoms with Crippen LogP contribution in [0.4, 0.5) is 0 Å². The number of rotatable bonds is 3. The molecular weight excluding hydrogens is 280 g/mol. The van der Waals surface area contributed by atoms with Crippen molar-refractivity contribution in [1.82, 2.24) is 10.2 Å². The first kappa shape index (κ1) is 15.0. The number of amides is 1. The van der Waals surface area contributed by atoms with Gasteiger partial charge >= 0.3 is 5.97 Å². The maximum atomic E-state index is 12.6. The Kier molecular flexibility index (Phi) is 4.43. The molecule has 0 spiro atoms. The predicted octanol–water partition coefficient (Wildman–Crippen LogP) is 1.50. The highest BCUT2D eigenvalue weighted by Crippen LogP contribution is 2.34. The SMILES string of the molecule is COC(=O)C1CC(C(=O)N2CCCC2)NC1c1ccccc1. The van der Waals surface area contributed by atoms with E-state index in [9.17, 15) is 9.59 Å². The molecular formula is C17H22N2O3. The number of hydrogen-bond donors (Lipinski definition) is 1. The molecule has 22 heavy (non-hydrogen) atoms. The summed E-state index contributed by atoms with van der Waals surface area (Å²) in [5.41, 5.74) is 1.02. The Morgan fingerprint density at radius 1 is 1.18 bits per heavy atom. The van der Waals surface area contributed by atoms with E-state index < -0.39 is 0 Å². The second-order valence-electron chi connectivity index (χ2n) is 6.01. The molecule has 3 atom stereocenters. The minimum Gasteiger partial charge on any atom is -0.469 e. The quantitative estimate of drug-likeness (QED) is 0.860. The molecule has 118 valence electrons. The number of nitrogens with one attached hydrogen (secondary N) is 1. The van der Waals surface area contributed by atoms with Crippen LogP contribution in [0.3, 0.4) is 0 Å². The van der Waals surface area contributed by atoms with E-state index in [0.29, 0.717) is 6.42 Å². The van der Waals surface area contributed by atoms with Crippen molar-refractivity contribution in [2.75, 3.05) is 20.2 Å². The van der Waals surface area contributed by atoms with Crippen LogP contribution in [-0.2, 0) is 14.3 Å². The van der Waals surface area contributed by atoms with Gasteiger partial charge in [0.15, 0.2) is 0 Å². The second kappa shape index (κ2) is 6.48. The van der Waals surface area contributed by atoms with Crippen LogP contribution < -0.4 is 5.32 Å². The van der Waals surface area contributed by atoms with E-state index in [-0.39, 0.29) is 29.9 Å². The van der Waals surface area contributed by atoms with Crippen molar-refractivity contribution in [2.45, 2.75) is 31.3 Å². The summed E-state index contributed by atoms with van der Waals surface area (Å²) in [6, 6.07) is 9.34. The average molecular weight is 302 g/mol. The van der Waals surface area contributed by atoms with E-state index >= 15 is 0 Å². The second-order valence-corrected chi connectivity index (χ2v) is 6.01. The molecule has 1 amide bonds. The molecule has 0 radical (unpaired) electrons. The Labute approximate surface area is 130 Å². The Bertz CT molecular complexity index is 540. The fraction of sp³-hybridized carbons (Fsp3) is 0.529. The van der Waals surface area contributed by atoms with E-state index in [4.69, 9.17) is 4.74 Å². The molecule has 2 aliphatic heterocycles. The molecule has 0 aromatic heterocycles. The van der Waals surface area contributed by atoms with Crippen LogP contribution in [0.1, 0.15) is 30.9 Å². The third-order valence-electron chi connectivity index (χ3n) is 4.65. The fourth-order valence-corrected chi connectivity index (χ4v) is 3.49. The van der Waals surface area contributed by atoms with Gasteiger partial charge < -0.3 is 9.64 Å². The summed E-state index contributed by atoms with van der Waals surface area (Å²) in [6.07, 6.45) is 2.64. The number of esters is 1. The predicted molar refractivity (Wildman–Crippen MR) is 82.0 cm³/mol. The molecule has 0 saturated carbocycles. The maximum absolute atomic E-state index is 12.6. The molecule has 1 aromatic carbocycles. The summed E-state index contributed by atoms with van der Waals surface area (Å²) in [4.78, 5) is 26.6. The number of likely N-dealkylation sites (tertiary alicyclic amines) is 1. The Morgan fingerprint density at radius 3 is 2.50 bits per heavy atom. The van der Waals surface area contributed by atoms with E-state index in [1.54, 1.807) is 0 Å². The van der Waals surface area contributed by atoms with Crippen LogP contribution in [0.15, 0.2) is 30.3 Å². The van der Waals surface area contributed by atoms with Crippen molar-refractivity contribution in [3.63, 3.8) is 0 Å². The highest BCUT2D eigenvalue weighted by molar-refractivity contribution is 5.84. The lowest BCUT2D eigenvalue weighted by Crippen LogP contribution is -2.42. The number of benzene rings is 1. The van der Waals surface area contributed by atoms with Gasteiger partial charge in [-0.15, -0.1) is 0 Å². The molecule has 5 nitrogen and oxygen atoms in total. The van der Waals surface area contributed by atoms with Crippen LogP contribution in [0.25, 0.3) is 0 Å². The molecule has 5 heteroatoms. The van der Waals surface area contributed by atoms with Crippen LogP contribution in [0.5, 0.6) is 0 Å². The van der Waals surface area contributed by atoms with Crippen molar-refractivity contribution in [2.24, 2.45) is 5.92 Å².